The lowest BCUT2D eigenvalue weighted by Crippen LogP contribution is -2.38. The second-order valence-corrected chi connectivity index (χ2v) is 6.01. The van der Waals surface area contributed by atoms with Crippen LogP contribution >= 0.6 is 0 Å². The average molecular weight is 339 g/mol. The molecule has 4 rings (SSSR count). The minimum atomic E-state index is 0.593. The van der Waals surface area contributed by atoms with Crippen molar-refractivity contribution in [2.45, 2.75) is 0 Å². The summed E-state index contributed by atoms with van der Waals surface area (Å²) >= 11 is 0. The SMILES string of the molecule is Nc1ccc(-c2cnc3ccc(OCCN4CCOCC4)nn23)cc1. The summed E-state index contributed by atoms with van der Waals surface area (Å²) in [5.74, 6) is 0.593. The Morgan fingerprint density at radius 2 is 1.88 bits per heavy atom. The number of morpholine rings is 1. The number of fused-ring (bicyclic) bond motifs is 1. The van der Waals surface area contributed by atoms with Crippen molar-refractivity contribution in [2.75, 3.05) is 45.2 Å². The molecule has 0 amide bonds. The van der Waals surface area contributed by atoms with Crippen molar-refractivity contribution < 1.29 is 9.47 Å². The first-order chi connectivity index (χ1) is 12.3. The van der Waals surface area contributed by atoms with Crippen molar-refractivity contribution in [2.24, 2.45) is 0 Å². The summed E-state index contributed by atoms with van der Waals surface area (Å²) in [7, 11) is 0. The number of aromatic nitrogens is 3. The van der Waals surface area contributed by atoms with E-state index in [0.29, 0.717) is 12.5 Å². The number of imidazole rings is 1. The molecule has 7 nitrogen and oxygen atoms in total. The van der Waals surface area contributed by atoms with Crippen LogP contribution in [0, 0.1) is 0 Å². The fourth-order valence-electron chi connectivity index (χ4n) is 2.89. The first-order valence-electron chi connectivity index (χ1n) is 8.43. The van der Waals surface area contributed by atoms with Gasteiger partial charge in [-0.15, -0.1) is 5.10 Å². The molecular weight excluding hydrogens is 318 g/mol. The molecule has 0 atom stereocenters. The van der Waals surface area contributed by atoms with Gasteiger partial charge in [0.05, 0.1) is 25.1 Å². The van der Waals surface area contributed by atoms with E-state index in [1.807, 2.05) is 42.6 Å². The molecule has 0 aliphatic carbocycles. The highest BCUT2D eigenvalue weighted by Crippen LogP contribution is 2.22. The standard InChI is InChI=1S/C18H21N5O2/c19-15-3-1-14(2-4-15)16-13-20-17-5-6-18(21-23(16)17)25-12-9-22-7-10-24-11-8-22/h1-6,13H,7-12,19H2. The maximum absolute atomic E-state index is 5.83. The Bertz CT molecular complexity index is 840. The fourth-order valence-corrected chi connectivity index (χ4v) is 2.89. The van der Waals surface area contributed by atoms with E-state index in [1.54, 1.807) is 4.52 Å². The molecule has 2 N–H and O–H groups in total. The van der Waals surface area contributed by atoms with Crippen LogP contribution in [0.5, 0.6) is 5.88 Å². The molecular formula is C18H21N5O2. The minimum Gasteiger partial charge on any atom is -0.475 e. The number of hydrogen-bond acceptors (Lipinski definition) is 6. The summed E-state index contributed by atoms with van der Waals surface area (Å²) in [6.07, 6.45) is 1.81. The van der Waals surface area contributed by atoms with Gasteiger partial charge in [-0.2, -0.15) is 0 Å². The smallest absolute Gasteiger partial charge is 0.231 e. The van der Waals surface area contributed by atoms with Gasteiger partial charge in [0.1, 0.15) is 6.61 Å². The van der Waals surface area contributed by atoms with Crippen LogP contribution in [0.4, 0.5) is 5.69 Å². The van der Waals surface area contributed by atoms with Gasteiger partial charge in [-0.1, -0.05) is 12.1 Å². The third-order valence-electron chi connectivity index (χ3n) is 4.31. The van der Waals surface area contributed by atoms with Gasteiger partial charge >= 0.3 is 0 Å². The van der Waals surface area contributed by atoms with E-state index >= 15 is 0 Å². The average Bonchev–Trinajstić information content (AvgIpc) is 3.07. The first-order valence-corrected chi connectivity index (χ1v) is 8.43. The quantitative estimate of drug-likeness (QED) is 0.713. The Hall–Kier alpha value is -2.64. The van der Waals surface area contributed by atoms with Crippen LogP contribution in [0.2, 0.25) is 0 Å². The number of rotatable bonds is 5. The zero-order valence-electron chi connectivity index (χ0n) is 14.0. The molecule has 1 fully saturated rings. The second kappa shape index (κ2) is 7.08. The van der Waals surface area contributed by atoms with E-state index in [2.05, 4.69) is 15.0 Å². The Kier molecular flexibility index (Phi) is 4.49. The lowest BCUT2D eigenvalue weighted by atomic mass is 10.1. The second-order valence-electron chi connectivity index (χ2n) is 6.01. The molecule has 1 aromatic carbocycles. The Labute approximate surface area is 146 Å². The lowest BCUT2D eigenvalue weighted by Gasteiger charge is -2.26. The van der Waals surface area contributed by atoms with Gasteiger partial charge in [0.2, 0.25) is 5.88 Å². The summed E-state index contributed by atoms with van der Waals surface area (Å²) in [6.45, 7) is 4.98. The number of hydrogen-bond donors (Lipinski definition) is 1. The maximum Gasteiger partial charge on any atom is 0.231 e. The van der Waals surface area contributed by atoms with Gasteiger partial charge < -0.3 is 15.2 Å². The van der Waals surface area contributed by atoms with Crippen molar-refractivity contribution in [3.63, 3.8) is 0 Å². The number of anilines is 1. The predicted octanol–water partition coefficient (Wildman–Crippen LogP) is 1.69. The van der Waals surface area contributed by atoms with E-state index in [1.165, 1.54) is 0 Å². The summed E-state index contributed by atoms with van der Waals surface area (Å²) in [5, 5.41) is 4.57. The normalized spacial score (nSPS) is 15.5. The summed E-state index contributed by atoms with van der Waals surface area (Å²) < 4.78 is 13.0. The largest absolute Gasteiger partial charge is 0.475 e. The molecule has 0 saturated carbocycles. The summed E-state index contributed by atoms with van der Waals surface area (Å²) in [4.78, 5) is 6.74. The molecule has 1 aliphatic heterocycles. The predicted molar refractivity (Wildman–Crippen MR) is 95.6 cm³/mol. The van der Waals surface area contributed by atoms with Gasteiger partial charge in [-0.25, -0.2) is 9.50 Å². The van der Waals surface area contributed by atoms with Crippen molar-refractivity contribution in [1.29, 1.82) is 0 Å². The Morgan fingerprint density at radius 3 is 2.68 bits per heavy atom. The van der Waals surface area contributed by atoms with E-state index < -0.39 is 0 Å². The highest BCUT2D eigenvalue weighted by Gasteiger charge is 2.11. The van der Waals surface area contributed by atoms with E-state index in [9.17, 15) is 0 Å². The lowest BCUT2D eigenvalue weighted by molar-refractivity contribution is 0.0319. The highest BCUT2D eigenvalue weighted by molar-refractivity contribution is 5.65. The zero-order valence-corrected chi connectivity index (χ0v) is 14.0. The van der Waals surface area contributed by atoms with Crippen molar-refractivity contribution >= 4 is 11.3 Å². The van der Waals surface area contributed by atoms with Crippen LogP contribution in [0.25, 0.3) is 16.9 Å². The molecule has 130 valence electrons. The molecule has 2 aromatic heterocycles. The number of benzene rings is 1. The van der Waals surface area contributed by atoms with Gasteiger partial charge in [0, 0.05) is 37.0 Å². The molecule has 1 aliphatic rings. The maximum atomic E-state index is 5.83. The first kappa shape index (κ1) is 15.9. The molecule has 3 aromatic rings. The van der Waals surface area contributed by atoms with Crippen LogP contribution in [-0.2, 0) is 4.74 Å². The molecule has 3 heterocycles. The Balaban J connectivity index is 1.49. The topological polar surface area (TPSA) is 77.9 Å². The highest BCUT2D eigenvalue weighted by atomic mass is 16.5. The molecule has 0 unspecified atom stereocenters. The monoisotopic (exact) mass is 339 g/mol. The molecule has 25 heavy (non-hydrogen) atoms. The van der Waals surface area contributed by atoms with Gasteiger partial charge in [-0.3, -0.25) is 4.90 Å². The zero-order chi connectivity index (χ0) is 17.1. The molecule has 0 bridgehead atoms. The van der Waals surface area contributed by atoms with Gasteiger partial charge in [-0.05, 0) is 18.2 Å². The van der Waals surface area contributed by atoms with Gasteiger partial charge in [0.15, 0.2) is 5.65 Å². The van der Waals surface area contributed by atoms with Crippen molar-refractivity contribution in [3.05, 3.63) is 42.6 Å². The number of ether oxygens (including phenoxy) is 2. The van der Waals surface area contributed by atoms with Crippen LogP contribution in [0.3, 0.4) is 0 Å². The third-order valence-corrected chi connectivity index (χ3v) is 4.31. The van der Waals surface area contributed by atoms with Crippen LogP contribution in [0.15, 0.2) is 42.6 Å². The minimum absolute atomic E-state index is 0.593. The van der Waals surface area contributed by atoms with Gasteiger partial charge in [0.25, 0.3) is 0 Å². The third kappa shape index (κ3) is 3.57. The number of nitrogens with two attached hydrogens (primary N) is 1. The van der Waals surface area contributed by atoms with Crippen LogP contribution in [0.1, 0.15) is 0 Å². The van der Waals surface area contributed by atoms with E-state index in [0.717, 1.165) is 55.4 Å². The fraction of sp³-hybridized carbons (Fsp3) is 0.333. The number of nitrogens with zero attached hydrogens (tertiary/aromatic N) is 4. The van der Waals surface area contributed by atoms with Crippen molar-refractivity contribution in [3.8, 4) is 17.1 Å². The molecule has 1 saturated heterocycles. The summed E-state index contributed by atoms with van der Waals surface area (Å²) in [5.41, 5.74) is 9.21. The summed E-state index contributed by atoms with van der Waals surface area (Å²) in [6, 6.07) is 11.4. The molecule has 7 heteroatoms. The number of nitrogen functional groups attached to an aromatic ring is 1. The molecule has 0 radical (unpaired) electrons. The van der Waals surface area contributed by atoms with Crippen LogP contribution < -0.4 is 10.5 Å². The van der Waals surface area contributed by atoms with E-state index in [-0.39, 0.29) is 0 Å². The molecule has 0 spiro atoms. The van der Waals surface area contributed by atoms with Crippen molar-refractivity contribution in [1.82, 2.24) is 19.5 Å². The van der Waals surface area contributed by atoms with Crippen LogP contribution in [-0.4, -0.2) is 59.0 Å². The van der Waals surface area contributed by atoms with E-state index in [4.69, 9.17) is 15.2 Å². The Morgan fingerprint density at radius 1 is 1.08 bits per heavy atom.